The van der Waals surface area contributed by atoms with Gasteiger partial charge in [-0.2, -0.15) is 8.78 Å². The van der Waals surface area contributed by atoms with Crippen LogP contribution in [0.2, 0.25) is 0 Å². The number of aromatic carboxylic acids is 2. The average molecular weight is 311 g/mol. The van der Waals surface area contributed by atoms with Crippen molar-refractivity contribution in [3.05, 3.63) is 34.5 Å². The van der Waals surface area contributed by atoms with Gasteiger partial charge < -0.3 is 14.9 Å². The van der Waals surface area contributed by atoms with E-state index in [-0.39, 0.29) is 27.8 Å². The van der Waals surface area contributed by atoms with Crippen molar-refractivity contribution in [3.63, 3.8) is 0 Å². The summed E-state index contributed by atoms with van der Waals surface area (Å²) < 4.78 is 29.1. The van der Waals surface area contributed by atoms with E-state index in [1.54, 1.807) is 0 Å². The van der Waals surface area contributed by atoms with Crippen molar-refractivity contribution in [2.45, 2.75) is 20.5 Å². The number of aryl methyl sites for hydroxylation is 2. The summed E-state index contributed by atoms with van der Waals surface area (Å²) >= 11 is 0. The summed E-state index contributed by atoms with van der Waals surface area (Å²) in [5.41, 5.74) is -0.481. The number of alkyl halides is 2. The van der Waals surface area contributed by atoms with Crippen LogP contribution in [0, 0.1) is 13.8 Å². The Balaban J connectivity index is 2.86. The predicted octanol–water partition coefficient (Wildman–Crippen LogP) is 2.85. The van der Waals surface area contributed by atoms with E-state index in [1.165, 1.54) is 26.0 Å². The summed E-state index contributed by atoms with van der Waals surface area (Å²) in [7, 11) is 0. The average Bonchev–Trinajstić information content (AvgIpc) is 2.40. The van der Waals surface area contributed by atoms with Gasteiger partial charge in [-0.25, -0.2) is 14.6 Å². The maximum absolute atomic E-state index is 12.4. The molecule has 0 unspecified atom stereocenters. The molecule has 0 fully saturated rings. The fourth-order valence-corrected chi connectivity index (χ4v) is 2.36. The fraction of sp³-hybridized carbons (Fsp3) is 0.214. The van der Waals surface area contributed by atoms with Crippen LogP contribution in [0.4, 0.5) is 8.78 Å². The molecule has 0 aliphatic rings. The van der Waals surface area contributed by atoms with Crippen LogP contribution in [0.1, 0.15) is 32.0 Å². The van der Waals surface area contributed by atoms with Crippen LogP contribution in [-0.4, -0.2) is 33.7 Å². The van der Waals surface area contributed by atoms with Gasteiger partial charge in [0.1, 0.15) is 5.75 Å². The Morgan fingerprint density at radius 1 is 1.14 bits per heavy atom. The molecule has 0 aliphatic heterocycles. The molecule has 22 heavy (non-hydrogen) atoms. The monoisotopic (exact) mass is 311 g/mol. The Hall–Kier alpha value is -2.77. The highest BCUT2D eigenvalue weighted by atomic mass is 19.3. The maximum Gasteiger partial charge on any atom is 0.387 e. The molecule has 1 aromatic carbocycles. The Kier molecular flexibility index (Phi) is 3.94. The van der Waals surface area contributed by atoms with Crippen molar-refractivity contribution in [2.75, 3.05) is 0 Å². The zero-order valence-corrected chi connectivity index (χ0v) is 11.6. The molecule has 1 heterocycles. The minimum absolute atomic E-state index is 0.119. The van der Waals surface area contributed by atoms with Crippen LogP contribution in [0.25, 0.3) is 10.9 Å². The van der Waals surface area contributed by atoms with Gasteiger partial charge in [0.15, 0.2) is 5.69 Å². The first-order valence-electron chi connectivity index (χ1n) is 6.09. The van der Waals surface area contributed by atoms with Crippen LogP contribution in [0.3, 0.4) is 0 Å². The number of carbonyl (C=O) groups is 2. The molecule has 0 saturated carbocycles. The number of carboxylic acids is 2. The second-order valence-corrected chi connectivity index (χ2v) is 4.53. The van der Waals surface area contributed by atoms with E-state index in [4.69, 9.17) is 5.11 Å². The minimum Gasteiger partial charge on any atom is -0.478 e. The highest BCUT2D eigenvalue weighted by Crippen LogP contribution is 2.32. The number of benzene rings is 1. The molecule has 8 heteroatoms. The van der Waals surface area contributed by atoms with E-state index in [0.717, 1.165) is 0 Å². The summed E-state index contributed by atoms with van der Waals surface area (Å²) in [6, 6.07) is 2.55. The molecule has 0 bridgehead atoms. The molecule has 0 aliphatic carbocycles. The first-order valence-corrected chi connectivity index (χ1v) is 6.09. The quantitative estimate of drug-likeness (QED) is 0.901. The largest absolute Gasteiger partial charge is 0.478 e. The topological polar surface area (TPSA) is 96.7 Å². The lowest BCUT2D eigenvalue weighted by Gasteiger charge is -2.14. The lowest BCUT2D eigenvalue weighted by Crippen LogP contribution is -2.14. The van der Waals surface area contributed by atoms with Gasteiger partial charge in [-0.3, -0.25) is 0 Å². The van der Waals surface area contributed by atoms with Gasteiger partial charge in [0.2, 0.25) is 0 Å². The molecule has 2 rings (SSSR count). The Labute approximate surface area is 123 Å². The van der Waals surface area contributed by atoms with Crippen molar-refractivity contribution in [1.82, 2.24) is 4.98 Å². The fourth-order valence-electron chi connectivity index (χ4n) is 2.36. The van der Waals surface area contributed by atoms with E-state index < -0.39 is 29.8 Å². The summed E-state index contributed by atoms with van der Waals surface area (Å²) in [6.45, 7) is -0.151. The van der Waals surface area contributed by atoms with Crippen molar-refractivity contribution in [3.8, 4) is 5.75 Å². The molecule has 0 atom stereocenters. The van der Waals surface area contributed by atoms with Crippen LogP contribution in [-0.2, 0) is 0 Å². The van der Waals surface area contributed by atoms with Gasteiger partial charge in [0.05, 0.1) is 11.1 Å². The molecular weight excluding hydrogens is 300 g/mol. The van der Waals surface area contributed by atoms with Gasteiger partial charge in [-0.05, 0) is 31.5 Å². The highest BCUT2D eigenvalue weighted by Gasteiger charge is 2.24. The number of carboxylic acid groups (broad SMARTS) is 2. The Bertz CT molecular complexity index is 789. The number of pyridine rings is 1. The smallest absolute Gasteiger partial charge is 0.387 e. The third-order valence-electron chi connectivity index (χ3n) is 3.24. The third kappa shape index (κ3) is 2.54. The molecule has 0 saturated heterocycles. The van der Waals surface area contributed by atoms with Crippen molar-refractivity contribution < 1.29 is 33.3 Å². The lowest BCUT2D eigenvalue weighted by molar-refractivity contribution is -0.0502. The first kappa shape index (κ1) is 15.6. The van der Waals surface area contributed by atoms with Gasteiger partial charge in [-0.1, -0.05) is 0 Å². The van der Waals surface area contributed by atoms with Crippen LogP contribution >= 0.6 is 0 Å². The van der Waals surface area contributed by atoms with E-state index in [0.29, 0.717) is 0 Å². The number of halogens is 2. The van der Waals surface area contributed by atoms with Crippen LogP contribution < -0.4 is 4.74 Å². The Morgan fingerprint density at radius 3 is 2.27 bits per heavy atom. The standard InChI is InChI=1S/C14H11F2NO5/c1-5-8(22-14(15)16)4-3-7-9(5)6(2)10(12(18)19)11(17-7)13(20)21/h3-4,14H,1-2H3,(H,18,19)(H,20,21). The van der Waals surface area contributed by atoms with E-state index in [2.05, 4.69) is 9.72 Å². The summed E-state index contributed by atoms with van der Waals surface area (Å²) in [6.07, 6.45) is 0. The predicted molar refractivity (Wildman–Crippen MR) is 71.8 cm³/mol. The third-order valence-corrected chi connectivity index (χ3v) is 3.24. The molecular formula is C14H11F2NO5. The normalized spacial score (nSPS) is 11.0. The molecule has 0 radical (unpaired) electrons. The van der Waals surface area contributed by atoms with Gasteiger partial charge in [0, 0.05) is 10.9 Å². The van der Waals surface area contributed by atoms with E-state index in [1.807, 2.05) is 0 Å². The first-order chi connectivity index (χ1) is 10.2. The zero-order chi connectivity index (χ0) is 16.6. The molecule has 0 amide bonds. The molecule has 6 nitrogen and oxygen atoms in total. The van der Waals surface area contributed by atoms with E-state index in [9.17, 15) is 23.5 Å². The van der Waals surface area contributed by atoms with Gasteiger partial charge >= 0.3 is 18.6 Å². The molecule has 0 spiro atoms. The van der Waals surface area contributed by atoms with Crippen molar-refractivity contribution >= 4 is 22.8 Å². The molecule has 2 aromatic rings. The maximum atomic E-state index is 12.4. The zero-order valence-electron chi connectivity index (χ0n) is 11.6. The second-order valence-electron chi connectivity index (χ2n) is 4.53. The number of hydrogen-bond acceptors (Lipinski definition) is 4. The number of hydrogen-bond donors (Lipinski definition) is 2. The summed E-state index contributed by atoms with van der Waals surface area (Å²) in [5, 5.41) is 18.6. The number of aromatic nitrogens is 1. The van der Waals surface area contributed by atoms with Gasteiger partial charge in [-0.15, -0.1) is 0 Å². The molecule has 116 valence electrons. The van der Waals surface area contributed by atoms with Crippen LogP contribution in [0.15, 0.2) is 12.1 Å². The van der Waals surface area contributed by atoms with Crippen LogP contribution in [0.5, 0.6) is 5.75 Å². The lowest BCUT2D eigenvalue weighted by atomic mass is 9.97. The van der Waals surface area contributed by atoms with Gasteiger partial charge in [0.25, 0.3) is 0 Å². The SMILES string of the molecule is Cc1c(OC(F)F)ccc2nc(C(=O)O)c(C(=O)O)c(C)c12. The number of fused-ring (bicyclic) bond motifs is 1. The number of ether oxygens (including phenoxy) is 1. The van der Waals surface area contributed by atoms with Crippen molar-refractivity contribution in [2.24, 2.45) is 0 Å². The highest BCUT2D eigenvalue weighted by molar-refractivity contribution is 6.06. The summed E-state index contributed by atoms with van der Waals surface area (Å²) in [4.78, 5) is 26.3. The molecule has 2 N–H and O–H groups in total. The number of nitrogens with zero attached hydrogens (tertiary/aromatic N) is 1. The molecule has 1 aromatic heterocycles. The number of rotatable bonds is 4. The minimum atomic E-state index is -3.03. The van der Waals surface area contributed by atoms with E-state index >= 15 is 0 Å². The Morgan fingerprint density at radius 2 is 1.77 bits per heavy atom. The summed E-state index contributed by atoms with van der Waals surface area (Å²) in [5.74, 6) is -3.05. The van der Waals surface area contributed by atoms with Crippen molar-refractivity contribution in [1.29, 1.82) is 0 Å². The second kappa shape index (κ2) is 5.55.